The van der Waals surface area contributed by atoms with Crippen molar-refractivity contribution >= 4 is 117 Å². The summed E-state index contributed by atoms with van der Waals surface area (Å²) in [7, 11) is 0. The molecule has 4 rings (SSSR count). The number of nitrogens with zero attached hydrogens (tertiary/aromatic N) is 4. The molecule has 41 heavy (non-hydrogen) atoms. The van der Waals surface area contributed by atoms with E-state index in [1.807, 2.05) is 0 Å². The van der Waals surface area contributed by atoms with Crippen LogP contribution < -0.4 is 0 Å². The predicted molar refractivity (Wildman–Crippen MR) is 174 cm³/mol. The molecule has 4 saturated heterocycles. The molecule has 0 aromatic carbocycles. The molecule has 0 radical (unpaired) electrons. The third kappa shape index (κ3) is 25.8. The Hall–Kier alpha value is 0.808. The van der Waals surface area contributed by atoms with E-state index in [9.17, 15) is 0 Å². The monoisotopic (exact) mass is 810 g/mol. The van der Waals surface area contributed by atoms with Crippen LogP contribution in [-0.2, 0) is 110 Å². The number of hydroxylamine groups is 8. The van der Waals surface area contributed by atoms with Crippen molar-refractivity contribution in [2.45, 2.75) is 0 Å². The van der Waals surface area contributed by atoms with Crippen LogP contribution >= 0.6 is 48.9 Å². The molecule has 4 aliphatic rings. The second kappa shape index (κ2) is 27.1. The molecule has 0 spiro atoms. The number of hydrogen-bond acceptors (Lipinski definition) is 20. The van der Waals surface area contributed by atoms with E-state index >= 15 is 0 Å². The van der Waals surface area contributed by atoms with E-state index in [1.165, 1.54) is 0 Å². The van der Waals surface area contributed by atoms with Gasteiger partial charge in [-0.15, -0.1) is 20.3 Å². The number of morpholine rings is 4. The Morgan fingerprint density at radius 2 is 0.537 bits per heavy atom. The summed E-state index contributed by atoms with van der Waals surface area (Å²) in [5, 5.41) is 6.88. The standard InChI is InChI=1S/4C5H9NO2S2.Mo/c4*9-5(10)8-6-1-3-7-4-2-6;/h4*1-4H2,(H,9,10);/q;;;;+4/p-4. The van der Waals surface area contributed by atoms with Crippen LogP contribution in [0.3, 0.4) is 0 Å². The zero-order valence-electron chi connectivity index (χ0n) is 22.0. The Bertz CT molecular complexity index is 626. The molecule has 0 bridgehead atoms. The van der Waals surface area contributed by atoms with Gasteiger partial charge in [-0.05, 0) is 0 Å². The number of thiocarbonyl (C=S) groups is 4. The normalized spacial score (nSPS) is 19.9. The molecule has 0 saturated carbocycles. The zero-order valence-corrected chi connectivity index (χ0v) is 30.6. The maximum absolute atomic E-state index is 5.08. The molecule has 0 amide bonds. The molecule has 0 N–H and O–H groups in total. The summed E-state index contributed by atoms with van der Waals surface area (Å²) < 4.78 is 20.9. The third-order valence-electron chi connectivity index (χ3n) is 4.69. The Kier molecular flexibility index (Phi) is 27.7. The molecular weight excluding hydrogens is 777 g/mol. The van der Waals surface area contributed by atoms with Gasteiger partial charge < -0.3 is 138 Å². The zero-order chi connectivity index (χ0) is 29.6. The van der Waals surface area contributed by atoms with Gasteiger partial charge in [0.15, 0.2) is 0 Å². The minimum atomic E-state index is 0. The topological polar surface area (TPSA) is 86.8 Å². The quantitative estimate of drug-likeness (QED) is 0.222. The van der Waals surface area contributed by atoms with Gasteiger partial charge in [0.25, 0.3) is 0 Å². The van der Waals surface area contributed by atoms with Crippen molar-refractivity contribution in [3.8, 4) is 0 Å². The molecule has 0 unspecified atom stereocenters. The summed E-state index contributed by atoms with van der Waals surface area (Å²) in [5.74, 6) is 0. The van der Waals surface area contributed by atoms with Gasteiger partial charge >= 0.3 is 21.1 Å². The first-order chi connectivity index (χ1) is 19.2. The minimum absolute atomic E-state index is 0. The van der Waals surface area contributed by atoms with Crippen molar-refractivity contribution in [3.05, 3.63) is 0 Å². The number of ether oxygens (including phenoxy) is 4. The average molecular weight is 809 g/mol. The van der Waals surface area contributed by atoms with Crippen LogP contribution in [0.5, 0.6) is 0 Å². The summed E-state index contributed by atoms with van der Waals surface area (Å²) in [5.41, 5.74) is 0. The first kappa shape index (κ1) is 41.8. The molecule has 4 heterocycles. The van der Waals surface area contributed by atoms with Crippen LogP contribution in [0.4, 0.5) is 0 Å². The summed E-state index contributed by atoms with van der Waals surface area (Å²) >= 11 is 36.7. The Morgan fingerprint density at radius 3 is 0.659 bits per heavy atom. The van der Waals surface area contributed by atoms with E-state index in [-0.39, 0.29) is 38.6 Å². The van der Waals surface area contributed by atoms with Crippen molar-refractivity contribution in [3.63, 3.8) is 0 Å². The predicted octanol–water partition coefficient (Wildman–Crippen LogP) is 0.326. The van der Waals surface area contributed by atoms with Gasteiger partial charge in [-0.3, -0.25) is 0 Å². The summed E-state index contributed by atoms with van der Waals surface area (Å²) in [6.45, 7) is 11.5. The van der Waals surface area contributed by atoms with Crippen LogP contribution in [0.25, 0.3) is 0 Å². The maximum Gasteiger partial charge on any atom is 4.00 e. The Balaban J connectivity index is 0.000000516. The minimum Gasteiger partial charge on any atom is -0.426 e. The number of rotatable bonds is 4. The van der Waals surface area contributed by atoms with Crippen LogP contribution in [-0.4, -0.2) is 143 Å². The van der Waals surface area contributed by atoms with Crippen molar-refractivity contribution in [2.24, 2.45) is 0 Å². The van der Waals surface area contributed by atoms with E-state index in [1.54, 1.807) is 20.3 Å². The van der Waals surface area contributed by atoms with Gasteiger partial charge in [0.2, 0.25) is 0 Å². The van der Waals surface area contributed by atoms with Gasteiger partial charge in [-0.2, -0.15) is 0 Å². The van der Waals surface area contributed by atoms with Crippen LogP contribution in [0, 0.1) is 0 Å². The van der Waals surface area contributed by atoms with E-state index in [0.717, 1.165) is 52.4 Å². The SMILES string of the molecule is S=C([S-])ON1CCOCC1.S=C([S-])ON1CCOCC1.S=C([S-])ON1CCOCC1.S=C([S-])ON1CCOCC1.[Mo+4]. The third-order valence-corrected chi connectivity index (χ3v) is 5.29. The van der Waals surface area contributed by atoms with Crippen molar-refractivity contribution < 1.29 is 59.4 Å². The molecule has 0 atom stereocenters. The van der Waals surface area contributed by atoms with Crippen LogP contribution in [0.15, 0.2) is 0 Å². The summed E-state index contributed by atoms with van der Waals surface area (Å²) in [6, 6.07) is 0. The molecular formula is C20H32MoN4O8S8. The summed E-state index contributed by atoms with van der Waals surface area (Å²) in [6.07, 6.45) is 0. The molecule has 0 aliphatic carbocycles. The maximum atomic E-state index is 5.08. The average Bonchev–Trinajstić information content (AvgIpc) is 2.91. The largest absolute Gasteiger partial charge is 4.00 e. The fourth-order valence-corrected chi connectivity index (χ4v) is 3.82. The molecule has 234 valence electrons. The Labute approximate surface area is 299 Å². The molecule has 4 fully saturated rings. The smallest absolute Gasteiger partial charge is 0.426 e. The van der Waals surface area contributed by atoms with Gasteiger partial charge in [-0.1, -0.05) is 0 Å². The second-order valence-corrected chi connectivity index (χ2v) is 11.5. The van der Waals surface area contributed by atoms with E-state index in [2.05, 4.69) is 99.4 Å². The molecule has 0 aromatic heterocycles. The van der Waals surface area contributed by atoms with Crippen molar-refractivity contribution in [1.82, 2.24) is 20.3 Å². The van der Waals surface area contributed by atoms with Crippen LogP contribution in [0.1, 0.15) is 0 Å². The van der Waals surface area contributed by atoms with Gasteiger partial charge in [0.05, 0.1) is 123 Å². The van der Waals surface area contributed by atoms with Gasteiger partial charge in [-0.25, -0.2) is 0 Å². The molecule has 4 aliphatic heterocycles. The van der Waals surface area contributed by atoms with E-state index in [4.69, 9.17) is 38.3 Å². The first-order valence-corrected chi connectivity index (χ1v) is 15.3. The van der Waals surface area contributed by atoms with Crippen molar-refractivity contribution in [1.29, 1.82) is 0 Å². The van der Waals surface area contributed by atoms with E-state index in [0.29, 0.717) is 52.9 Å². The second-order valence-electron chi connectivity index (χ2n) is 7.53. The fraction of sp³-hybridized carbons (Fsp3) is 0.800. The Morgan fingerprint density at radius 1 is 0.390 bits per heavy atom. The molecule has 0 aromatic rings. The van der Waals surface area contributed by atoms with Gasteiger partial charge in [0, 0.05) is 0 Å². The van der Waals surface area contributed by atoms with Crippen molar-refractivity contribution in [2.75, 3.05) is 105 Å². The summed E-state index contributed by atoms with van der Waals surface area (Å²) in [4.78, 5) is 20.0. The molecule has 21 heteroatoms. The van der Waals surface area contributed by atoms with Gasteiger partial charge in [0.1, 0.15) is 0 Å². The first-order valence-electron chi connectivity index (χ1n) is 12.0. The molecule has 12 nitrogen and oxygen atoms in total. The van der Waals surface area contributed by atoms with Crippen LogP contribution in [0.2, 0.25) is 0 Å². The van der Waals surface area contributed by atoms with E-state index < -0.39 is 0 Å². The fourth-order valence-electron chi connectivity index (χ4n) is 2.97. The number of hydrogen-bond donors (Lipinski definition) is 0.